The van der Waals surface area contributed by atoms with Crippen LogP contribution < -0.4 is 0 Å². The summed E-state index contributed by atoms with van der Waals surface area (Å²) in [5.41, 5.74) is 1.87. The molecule has 4 nitrogen and oxygen atoms in total. The third kappa shape index (κ3) is 3.02. The largest absolute Gasteiger partial charge is 0.343 e. The third-order valence-electron chi connectivity index (χ3n) is 3.07. The zero-order valence-electron chi connectivity index (χ0n) is 11.5. The van der Waals surface area contributed by atoms with Crippen molar-refractivity contribution in [2.24, 2.45) is 0 Å². The molecule has 0 saturated heterocycles. The number of rotatable bonds is 3. The second kappa shape index (κ2) is 4.88. The monoisotopic (exact) mass is 258 g/mol. The first kappa shape index (κ1) is 13.3. The number of aromatic nitrogens is 1. The van der Waals surface area contributed by atoms with Gasteiger partial charge in [-0.2, -0.15) is 0 Å². The van der Waals surface area contributed by atoms with Crippen molar-refractivity contribution in [1.29, 1.82) is 0 Å². The summed E-state index contributed by atoms with van der Waals surface area (Å²) in [6, 6.07) is 9.93. The van der Waals surface area contributed by atoms with Gasteiger partial charge >= 0.3 is 0 Å². The Kier molecular flexibility index (Phi) is 3.42. The van der Waals surface area contributed by atoms with Crippen molar-refractivity contribution in [2.45, 2.75) is 32.7 Å². The molecule has 0 radical (unpaired) electrons. The molecule has 0 aliphatic heterocycles. The lowest BCUT2D eigenvalue weighted by Gasteiger charge is -2.15. The minimum atomic E-state index is -0.303. The smallest absolute Gasteiger partial charge is 0.290 e. The van der Waals surface area contributed by atoms with Crippen LogP contribution in [0.1, 0.15) is 31.9 Å². The van der Waals surface area contributed by atoms with Crippen LogP contribution in [0.3, 0.4) is 0 Å². The van der Waals surface area contributed by atoms with E-state index < -0.39 is 0 Å². The predicted octanol–water partition coefficient (Wildman–Crippen LogP) is 3.74. The van der Waals surface area contributed by atoms with Crippen LogP contribution >= 0.6 is 0 Å². The number of nitro groups is 1. The normalized spacial score (nSPS) is 11.5. The Hall–Kier alpha value is -2.10. The maximum absolute atomic E-state index is 11.1. The summed E-state index contributed by atoms with van der Waals surface area (Å²) in [5, 5.41) is 11.1. The highest BCUT2D eigenvalue weighted by atomic mass is 16.6. The van der Waals surface area contributed by atoms with E-state index in [9.17, 15) is 10.1 Å². The summed E-state index contributed by atoms with van der Waals surface area (Å²) in [7, 11) is 0. The van der Waals surface area contributed by atoms with Crippen LogP contribution in [0.25, 0.3) is 0 Å². The predicted molar refractivity (Wildman–Crippen MR) is 75.3 cm³/mol. The summed E-state index contributed by atoms with van der Waals surface area (Å²) < 4.78 is 1.88. The van der Waals surface area contributed by atoms with Crippen LogP contribution in [0.4, 0.5) is 5.69 Å². The van der Waals surface area contributed by atoms with Crippen molar-refractivity contribution in [3.8, 4) is 0 Å². The number of hydrogen-bond donors (Lipinski definition) is 0. The SMILES string of the molecule is CC(C)(C)c1cn(Cc2ccccc2)cc1[N+](=O)[O-]. The molecule has 0 spiro atoms. The van der Waals surface area contributed by atoms with Gasteiger partial charge in [-0.15, -0.1) is 0 Å². The molecule has 1 aromatic carbocycles. The van der Waals surface area contributed by atoms with E-state index in [0.29, 0.717) is 6.54 Å². The van der Waals surface area contributed by atoms with E-state index in [4.69, 9.17) is 0 Å². The van der Waals surface area contributed by atoms with Crippen LogP contribution in [-0.2, 0) is 12.0 Å². The highest BCUT2D eigenvalue weighted by Gasteiger charge is 2.27. The molecule has 2 rings (SSSR count). The van der Waals surface area contributed by atoms with Gasteiger partial charge in [0.15, 0.2) is 0 Å². The number of hydrogen-bond acceptors (Lipinski definition) is 2. The zero-order valence-corrected chi connectivity index (χ0v) is 11.5. The van der Waals surface area contributed by atoms with Crippen LogP contribution in [0.5, 0.6) is 0 Å². The molecule has 0 bridgehead atoms. The molecular formula is C15H18N2O2. The fraction of sp³-hybridized carbons (Fsp3) is 0.333. The molecule has 2 aromatic rings. The fourth-order valence-electron chi connectivity index (χ4n) is 2.10. The van der Waals surface area contributed by atoms with Crippen molar-refractivity contribution >= 4 is 5.69 Å². The second-order valence-corrected chi connectivity index (χ2v) is 5.72. The summed E-state index contributed by atoms with van der Waals surface area (Å²) in [6.45, 7) is 6.62. The van der Waals surface area contributed by atoms with Gasteiger partial charge in [0.1, 0.15) is 0 Å². The maximum atomic E-state index is 11.1. The molecule has 0 aliphatic carbocycles. The summed E-state index contributed by atoms with van der Waals surface area (Å²) in [6.07, 6.45) is 3.50. The van der Waals surface area contributed by atoms with E-state index in [1.54, 1.807) is 6.20 Å². The van der Waals surface area contributed by atoms with Crippen molar-refractivity contribution in [3.05, 3.63) is 64.0 Å². The Labute approximate surface area is 112 Å². The number of nitrogens with zero attached hydrogens (tertiary/aromatic N) is 2. The maximum Gasteiger partial charge on any atom is 0.290 e. The molecule has 1 heterocycles. The molecule has 100 valence electrons. The van der Waals surface area contributed by atoms with Crippen LogP contribution in [0.2, 0.25) is 0 Å². The lowest BCUT2D eigenvalue weighted by atomic mass is 9.88. The van der Waals surface area contributed by atoms with Gasteiger partial charge in [0.05, 0.1) is 16.7 Å². The Balaban J connectivity index is 2.36. The van der Waals surface area contributed by atoms with Crippen molar-refractivity contribution < 1.29 is 4.92 Å². The molecule has 0 unspecified atom stereocenters. The van der Waals surface area contributed by atoms with Gasteiger partial charge < -0.3 is 4.57 Å². The van der Waals surface area contributed by atoms with Gasteiger partial charge in [0.2, 0.25) is 0 Å². The van der Waals surface area contributed by atoms with Gasteiger partial charge in [0.25, 0.3) is 5.69 Å². The summed E-state index contributed by atoms with van der Waals surface area (Å²) in [4.78, 5) is 10.8. The van der Waals surface area contributed by atoms with Gasteiger partial charge in [-0.25, -0.2) is 0 Å². The molecule has 1 aromatic heterocycles. The highest BCUT2D eigenvalue weighted by Crippen LogP contribution is 2.32. The lowest BCUT2D eigenvalue weighted by Crippen LogP contribution is -2.12. The lowest BCUT2D eigenvalue weighted by molar-refractivity contribution is -0.385. The average Bonchev–Trinajstić information content (AvgIpc) is 2.74. The Morgan fingerprint density at radius 2 is 1.79 bits per heavy atom. The first-order chi connectivity index (χ1) is 8.88. The topological polar surface area (TPSA) is 48.1 Å². The zero-order chi connectivity index (χ0) is 14.0. The Morgan fingerprint density at radius 1 is 1.16 bits per heavy atom. The summed E-state index contributed by atoms with van der Waals surface area (Å²) >= 11 is 0. The van der Waals surface area contributed by atoms with Crippen LogP contribution in [0.15, 0.2) is 42.7 Å². The van der Waals surface area contributed by atoms with E-state index in [0.717, 1.165) is 11.1 Å². The minimum absolute atomic E-state index is 0.198. The first-order valence-corrected chi connectivity index (χ1v) is 6.26. The van der Waals surface area contributed by atoms with Crippen molar-refractivity contribution in [3.63, 3.8) is 0 Å². The van der Waals surface area contributed by atoms with Gasteiger partial charge in [-0.05, 0) is 11.0 Å². The standard InChI is InChI=1S/C15H18N2O2/c1-15(2,3)13-10-16(11-14(13)17(18)19)9-12-7-5-4-6-8-12/h4-8,10-11H,9H2,1-3H3. The van der Waals surface area contributed by atoms with Crippen molar-refractivity contribution in [2.75, 3.05) is 0 Å². The molecule has 0 N–H and O–H groups in total. The molecule has 0 fully saturated rings. The quantitative estimate of drug-likeness (QED) is 0.622. The third-order valence-corrected chi connectivity index (χ3v) is 3.07. The molecule has 0 amide bonds. The van der Waals surface area contributed by atoms with Crippen LogP contribution in [-0.4, -0.2) is 9.49 Å². The average molecular weight is 258 g/mol. The molecule has 0 aliphatic rings. The van der Waals surface area contributed by atoms with E-state index in [1.165, 1.54) is 0 Å². The van der Waals surface area contributed by atoms with Gasteiger partial charge in [-0.1, -0.05) is 51.1 Å². The van der Waals surface area contributed by atoms with E-state index in [2.05, 4.69) is 0 Å². The van der Waals surface area contributed by atoms with Crippen molar-refractivity contribution in [1.82, 2.24) is 4.57 Å². The molecule has 0 atom stereocenters. The highest BCUT2D eigenvalue weighted by molar-refractivity contribution is 5.43. The Morgan fingerprint density at radius 3 is 2.26 bits per heavy atom. The molecular weight excluding hydrogens is 240 g/mol. The second-order valence-electron chi connectivity index (χ2n) is 5.72. The van der Waals surface area contributed by atoms with Gasteiger partial charge in [-0.3, -0.25) is 10.1 Å². The van der Waals surface area contributed by atoms with E-state index in [1.807, 2.05) is 61.9 Å². The Bertz CT molecular complexity index is 580. The summed E-state index contributed by atoms with van der Waals surface area (Å²) in [5.74, 6) is 0. The molecule has 19 heavy (non-hydrogen) atoms. The minimum Gasteiger partial charge on any atom is -0.343 e. The fourth-order valence-corrected chi connectivity index (χ4v) is 2.10. The van der Waals surface area contributed by atoms with E-state index >= 15 is 0 Å². The van der Waals surface area contributed by atoms with Crippen LogP contribution in [0, 0.1) is 10.1 Å². The molecule has 4 heteroatoms. The first-order valence-electron chi connectivity index (χ1n) is 6.26. The van der Waals surface area contributed by atoms with Gasteiger partial charge in [0, 0.05) is 12.7 Å². The van der Waals surface area contributed by atoms with E-state index in [-0.39, 0.29) is 16.0 Å². The number of benzene rings is 1. The molecule has 0 saturated carbocycles.